The van der Waals surface area contributed by atoms with Crippen molar-refractivity contribution in [3.63, 3.8) is 0 Å². The first-order chi connectivity index (χ1) is 9.95. The molecule has 1 atom stereocenters. The van der Waals surface area contributed by atoms with E-state index in [0.717, 1.165) is 12.1 Å². The van der Waals surface area contributed by atoms with Gasteiger partial charge in [0.1, 0.15) is 11.4 Å². The highest BCUT2D eigenvalue weighted by molar-refractivity contribution is 5.61. The summed E-state index contributed by atoms with van der Waals surface area (Å²) in [5.41, 5.74) is 3.87. The molecular formula is C12H12F2N4O3. The van der Waals surface area contributed by atoms with Crippen molar-refractivity contribution >= 4 is 5.69 Å². The Kier molecular flexibility index (Phi) is 4.22. The number of aromatic nitrogens is 2. The van der Waals surface area contributed by atoms with Crippen LogP contribution in [0.25, 0.3) is 11.4 Å². The monoisotopic (exact) mass is 298 g/mol. The van der Waals surface area contributed by atoms with Crippen LogP contribution in [-0.4, -0.2) is 21.6 Å². The molecule has 9 heteroatoms. The number of hydrogen-bond acceptors (Lipinski definition) is 6. The minimum Gasteiger partial charge on any atom is -0.339 e. The third-order valence-electron chi connectivity index (χ3n) is 2.95. The Hall–Kier alpha value is -2.42. The number of nitrogens with zero attached hydrogens (tertiary/aromatic N) is 3. The first-order valence-electron chi connectivity index (χ1n) is 6.12. The van der Waals surface area contributed by atoms with E-state index in [0.29, 0.717) is 13.0 Å². The van der Waals surface area contributed by atoms with Crippen molar-refractivity contribution in [2.75, 3.05) is 6.54 Å². The third kappa shape index (κ3) is 2.87. The van der Waals surface area contributed by atoms with Crippen LogP contribution in [0.4, 0.5) is 14.5 Å². The van der Waals surface area contributed by atoms with E-state index in [2.05, 4.69) is 10.1 Å². The predicted octanol–water partition coefficient (Wildman–Crippen LogP) is 2.38. The van der Waals surface area contributed by atoms with Gasteiger partial charge in [0, 0.05) is 12.0 Å². The fourth-order valence-corrected chi connectivity index (χ4v) is 1.80. The summed E-state index contributed by atoms with van der Waals surface area (Å²) in [5.74, 6) is -2.72. The Balaban J connectivity index is 2.47. The predicted molar refractivity (Wildman–Crippen MR) is 68.4 cm³/mol. The zero-order valence-corrected chi connectivity index (χ0v) is 11.0. The lowest BCUT2D eigenvalue weighted by Gasteiger charge is -2.02. The van der Waals surface area contributed by atoms with Gasteiger partial charge in [-0.1, -0.05) is 12.1 Å². The molecule has 1 aromatic heterocycles. The molecule has 0 saturated heterocycles. The lowest BCUT2D eigenvalue weighted by molar-refractivity contribution is -0.387. The van der Waals surface area contributed by atoms with Gasteiger partial charge in [-0.05, 0) is 19.0 Å². The molecule has 0 aliphatic heterocycles. The van der Waals surface area contributed by atoms with E-state index in [1.807, 2.05) is 0 Å². The van der Waals surface area contributed by atoms with Crippen molar-refractivity contribution < 1.29 is 18.2 Å². The van der Waals surface area contributed by atoms with Crippen LogP contribution in [0.3, 0.4) is 0 Å². The van der Waals surface area contributed by atoms with Crippen LogP contribution in [0, 0.1) is 21.7 Å². The summed E-state index contributed by atoms with van der Waals surface area (Å²) in [5, 5.41) is 14.2. The summed E-state index contributed by atoms with van der Waals surface area (Å²) in [6.45, 7) is 2.16. The average Bonchev–Trinajstić information content (AvgIpc) is 2.88. The molecule has 0 aliphatic rings. The molecule has 2 N–H and O–H groups in total. The van der Waals surface area contributed by atoms with Gasteiger partial charge < -0.3 is 10.3 Å². The van der Waals surface area contributed by atoms with E-state index in [4.69, 9.17) is 10.3 Å². The molecule has 0 amide bonds. The molecule has 112 valence electrons. The topological polar surface area (TPSA) is 108 Å². The summed E-state index contributed by atoms with van der Waals surface area (Å²) >= 11 is 0. The molecular weight excluding hydrogens is 286 g/mol. The van der Waals surface area contributed by atoms with Gasteiger partial charge in [0.2, 0.25) is 17.5 Å². The van der Waals surface area contributed by atoms with Gasteiger partial charge in [-0.2, -0.15) is 9.37 Å². The number of rotatable bonds is 5. The summed E-state index contributed by atoms with van der Waals surface area (Å²) in [6, 6.07) is 1.53. The van der Waals surface area contributed by atoms with Crippen LogP contribution in [0.5, 0.6) is 0 Å². The molecule has 0 radical (unpaired) electrons. The molecule has 1 heterocycles. The molecule has 2 rings (SSSR count). The Bertz CT molecular complexity index is 675. The fraction of sp³-hybridized carbons (Fsp3) is 0.333. The van der Waals surface area contributed by atoms with Crippen LogP contribution in [-0.2, 0) is 0 Å². The van der Waals surface area contributed by atoms with Gasteiger partial charge in [0.05, 0.1) is 4.92 Å². The van der Waals surface area contributed by atoms with Gasteiger partial charge >= 0.3 is 5.69 Å². The smallest absolute Gasteiger partial charge is 0.305 e. The maximum Gasteiger partial charge on any atom is 0.305 e. The molecule has 0 bridgehead atoms. The van der Waals surface area contributed by atoms with Crippen LogP contribution in [0.2, 0.25) is 0 Å². The summed E-state index contributed by atoms with van der Waals surface area (Å²) < 4.78 is 32.7. The molecule has 2 aromatic rings. The van der Waals surface area contributed by atoms with E-state index in [1.165, 1.54) is 0 Å². The minimum absolute atomic E-state index is 0.167. The highest BCUT2D eigenvalue weighted by Crippen LogP contribution is 2.30. The summed E-state index contributed by atoms with van der Waals surface area (Å²) in [7, 11) is 0. The summed E-state index contributed by atoms with van der Waals surface area (Å²) in [6.07, 6.45) is 0.557. The molecule has 21 heavy (non-hydrogen) atoms. The van der Waals surface area contributed by atoms with E-state index in [9.17, 15) is 18.9 Å². The van der Waals surface area contributed by atoms with Crippen LogP contribution < -0.4 is 5.73 Å². The quantitative estimate of drug-likeness (QED) is 0.670. The van der Waals surface area contributed by atoms with Crippen molar-refractivity contribution in [1.29, 1.82) is 0 Å². The standard InChI is InChI=1S/C12H12F2N4O3/c1-6(4-5-15)12-16-11(17-21-12)9-7(13)2-3-8(10(9)14)18(19)20/h2-3,6H,4-5,15H2,1H3. The normalized spacial score (nSPS) is 12.4. The first kappa shape index (κ1) is 15.0. The number of nitro benzene ring substituents is 1. The molecule has 1 aromatic carbocycles. The van der Waals surface area contributed by atoms with Crippen molar-refractivity contribution in [2.45, 2.75) is 19.3 Å². The van der Waals surface area contributed by atoms with Crippen molar-refractivity contribution in [3.8, 4) is 11.4 Å². The molecule has 0 fully saturated rings. The Morgan fingerprint density at radius 2 is 2.19 bits per heavy atom. The minimum atomic E-state index is -1.33. The Morgan fingerprint density at radius 3 is 2.81 bits per heavy atom. The second-order valence-corrected chi connectivity index (χ2v) is 4.45. The van der Waals surface area contributed by atoms with Gasteiger partial charge in [0.25, 0.3) is 0 Å². The first-order valence-corrected chi connectivity index (χ1v) is 6.12. The van der Waals surface area contributed by atoms with Gasteiger partial charge in [-0.25, -0.2) is 4.39 Å². The van der Waals surface area contributed by atoms with Crippen LogP contribution >= 0.6 is 0 Å². The number of halogens is 2. The fourth-order valence-electron chi connectivity index (χ4n) is 1.80. The number of hydrogen-bond donors (Lipinski definition) is 1. The number of nitrogens with two attached hydrogens (primary N) is 1. The molecule has 0 saturated carbocycles. The second-order valence-electron chi connectivity index (χ2n) is 4.45. The Morgan fingerprint density at radius 1 is 1.48 bits per heavy atom. The van der Waals surface area contributed by atoms with E-state index < -0.39 is 27.8 Å². The van der Waals surface area contributed by atoms with Crippen LogP contribution in [0.15, 0.2) is 16.7 Å². The summed E-state index contributed by atoms with van der Waals surface area (Å²) in [4.78, 5) is 13.6. The van der Waals surface area contributed by atoms with Gasteiger partial charge in [-0.15, -0.1) is 0 Å². The highest BCUT2D eigenvalue weighted by atomic mass is 19.1. The number of benzene rings is 1. The molecule has 0 spiro atoms. The van der Waals surface area contributed by atoms with Gasteiger partial charge in [-0.3, -0.25) is 10.1 Å². The highest BCUT2D eigenvalue weighted by Gasteiger charge is 2.26. The van der Waals surface area contributed by atoms with Gasteiger partial charge in [0.15, 0.2) is 0 Å². The SMILES string of the molecule is CC(CCN)c1nc(-c2c(F)ccc([N+](=O)[O-])c2F)no1. The van der Waals surface area contributed by atoms with Crippen molar-refractivity contribution in [3.05, 3.63) is 39.8 Å². The van der Waals surface area contributed by atoms with Crippen molar-refractivity contribution in [2.24, 2.45) is 5.73 Å². The Labute approximate surface area is 117 Å². The third-order valence-corrected chi connectivity index (χ3v) is 2.95. The van der Waals surface area contributed by atoms with E-state index in [-0.39, 0.29) is 17.6 Å². The van der Waals surface area contributed by atoms with Crippen molar-refractivity contribution in [1.82, 2.24) is 10.1 Å². The average molecular weight is 298 g/mol. The second kappa shape index (κ2) is 5.92. The number of nitro groups is 1. The van der Waals surface area contributed by atoms with E-state index in [1.54, 1.807) is 6.92 Å². The maximum absolute atomic E-state index is 14.0. The maximum atomic E-state index is 14.0. The zero-order valence-electron chi connectivity index (χ0n) is 11.0. The lowest BCUT2D eigenvalue weighted by atomic mass is 10.1. The largest absolute Gasteiger partial charge is 0.339 e. The molecule has 7 nitrogen and oxygen atoms in total. The van der Waals surface area contributed by atoms with Crippen LogP contribution in [0.1, 0.15) is 25.2 Å². The molecule has 1 unspecified atom stereocenters. The van der Waals surface area contributed by atoms with E-state index >= 15 is 0 Å². The lowest BCUT2D eigenvalue weighted by Crippen LogP contribution is -2.05. The zero-order chi connectivity index (χ0) is 15.6. The molecule has 0 aliphatic carbocycles.